The second-order valence-electron chi connectivity index (χ2n) is 4.34. The third-order valence-electron chi connectivity index (χ3n) is 2.83. The van der Waals surface area contributed by atoms with E-state index in [2.05, 4.69) is 33.0 Å². The molecule has 1 aromatic heterocycles. The van der Waals surface area contributed by atoms with Crippen LogP contribution in [0.15, 0.2) is 41.0 Å². The molecular weight excluding hydrogens is 326 g/mol. The van der Waals surface area contributed by atoms with Crippen LogP contribution in [0.5, 0.6) is 0 Å². The monoisotopic (exact) mass is 339 g/mol. The van der Waals surface area contributed by atoms with E-state index in [1.807, 2.05) is 30.1 Å². The molecule has 5 heteroatoms. The van der Waals surface area contributed by atoms with Crippen molar-refractivity contribution in [3.8, 4) is 0 Å². The quantitative estimate of drug-likeness (QED) is 0.925. The highest BCUT2D eigenvalue weighted by molar-refractivity contribution is 9.10. The Hall–Kier alpha value is -1.10. The van der Waals surface area contributed by atoms with Crippen molar-refractivity contribution in [2.24, 2.45) is 5.73 Å². The molecule has 0 fully saturated rings. The van der Waals surface area contributed by atoms with Crippen LogP contribution in [0, 0.1) is 0 Å². The Morgan fingerprint density at radius 2 is 1.89 bits per heavy atom. The lowest BCUT2D eigenvalue weighted by molar-refractivity contribution is 0.895. The first-order valence-electron chi connectivity index (χ1n) is 5.90. The maximum Gasteiger partial charge on any atom is 0.147 e. The molecule has 0 saturated carbocycles. The number of halogens is 2. The van der Waals surface area contributed by atoms with E-state index in [1.54, 1.807) is 6.20 Å². The summed E-state index contributed by atoms with van der Waals surface area (Å²) in [5, 5.41) is 0.635. The Balaban J connectivity index is 2.13. The lowest BCUT2D eigenvalue weighted by Gasteiger charge is -2.19. The standard InChI is InChI=1S/C14H15BrClN3/c1-19(14-13(16)6-12(15)8-18-14)9-11-4-2-10(7-17)3-5-11/h2-6,8H,7,9,17H2,1H3. The summed E-state index contributed by atoms with van der Waals surface area (Å²) in [5.41, 5.74) is 7.91. The summed E-state index contributed by atoms with van der Waals surface area (Å²) in [7, 11) is 1.97. The Morgan fingerprint density at radius 3 is 2.47 bits per heavy atom. The van der Waals surface area contributed by atoms with Crippen LogP contribution in [0.2, 0.25) is 5.02 Å². The maximum atomic E-state index is 6.19. The van der Waals surface area contributed by atoms with Crippen LogP contribution in [0.4, 0.5) is 5.82 Å². The number of aromatic nitrogens is 1. The summed E-state index contributed by atoms with van der Waals surface area (Å²) in [6.07, 6.45) is 1.75. The Kier molecular flexibility index (Phi) is 4.80. The largest absolute Gasteiger partial charge is 0.354 e. The van der Waals surface area contributed by atoms with Gasteiger partial charge in [0.05, 0.1) is 5.02 Å². The van der Waals surface area contributed by atoms with E-state index in [4.69, 9.17) is 17.3 Å². The third-order valence-corrected chi connectivity index (χ3v) is 3.54. The van der Waals surface area contributed by atoms with E-state index in [-0.39, 0.29) is 0 Å². The van der Waals surface area contributed by atoms with Gasteiger partial charge < -0.3 is 10.6 Å². The molecule has 0 atom stereocenters. The van der Waals surface area contributed by atoms with Crippen molar-refractivity contribution in [3.63, 3.8) is 0 Å². The predicted octanol–water partition coefficient (Wildman–Crippen LogP) is 3.59. The van der Waals surface area contributed by atoms with Crippen LogP contribution in [-0.4, -0.2) is 12.0 Å². The highest BCUT2D eigenvalue weighted by Gasteiger charge is 2.08. The fourth-order valence-electron chi connectivity index (χ4n) is 1.82. The molecule has 1 aromatic carbocycles. The summed E-state index contributed by atoms with van der Waals surface area (Å²) in [5.74, 6) is 0.771. The molecule has 2 aromatic rings. The number of nitrogens with zero attached hydrogens (tertiary/aromatic N) is 2. The highest BCUT2D eigenvalue weighted by Crippen LogP contribution is 2.26. The van der Waals surface area contributed by atoms with E-state index in [1.165, 1.54) is 5.56 Å². The maximum absolute atomic E-state index is 6.19. The second kappa shape index (κ2) is 6.37. The lowest BCUT2D eigenvalue weighted by Crippen LogP contribution is -2.18. The lowest BCUT2D eigenvalue weighted by atomic mass is 10.1. The van der Waals surface area contributed by atoms with Gasteiger partial charge in [0.25, 0.3) is 0 Å². The van der Waals surface area contributed by atoms with Gasteiger partial charge in [-0.3, -0.25) is 0 Å². The molecule has 0 aliphatic carbocycles. The van der Waals surface area contributed by atoms with Crippen molar-refractivity contribution in [2.45, 2.75) is 13.1 Å². The Bertz CT molecular complexity index is 557. The van der Waals surface area contributed by atoms with Gasteiger partial charge in [-0.25, -0.2) is 4.98 Å². The summed E-state index contributed by atoms with van der Waals surface area (Å²) < 4.78 is 0.877. The average molecular weight is 341 g/mol. The molecule has 3 nitrogen and oxygen atoms in total. The first-order chi connectivity index (χ1) is 9.10. The van der Waals surface area contributed by atoms with Crippen LogP contribution in [0.3, 0.4) is 0 Å². The van der Waals surface area contributed by atoms with Crippen LogP contribution in [0.1, 0.15) is 11.1 Å². The van der Waals surface area contributed by atoms with Gasteiger partial charge in [-0.05, 0) is 33.1 Å². The molecule has 100 valence electrons. The molecule has 1 heterocycles. The molecule has 0 spiro atoms. The summed E-state index contributed by atoms with van der Waals surface area (Å²) >= 11 is 9.54. The van der Waals surface area contributed by atoms with Crippen LogP contribution < -0.4 is 10.6 Å². The number of hydrogen-bond donors (Lipinski definition) is 1. The van der Waals surface area contributed by atoms with E-state index in [0.29, 0.717) is 11.6 Å². The Morgan fingerprint density at radius 1 is 1.26 bits per heavy atom. The molecule has 0 radical (unpaired) electrons. The van der Waals surface area contributed by atoms with E-state index in [9.17, 15) is 0 Å². The third kappa shape index (κ3) is 3.69. The number of rotatable bonds is 4. The topological polar surface area (TPSA) is 42.1 Å². The number of hydrogen-bond acceptors (Lipinski definition) is 3. The minimum atomic E-state index is 0.566. The molecule has 0 bridgehead atoms. The van der Waals surface area contributed by atoms with Crippen molar-refractivity contribution >= 4 is 33.3 Å². The molecular formula is C14H15BrClN3. The molecule has 0 aliphatic heterocycles. The number of anilines is 1. The van der Waals surface area contributed by atoms with Crippen LogP contribution in [-0.2, 0) is 13.1 Å². The summed E-state index contributed by atoms with van der Waals surface area (Å²) in [6, 6.07) is 10.1. The van der Waals surface area contributed by atoms with Gasteiger partial charge in [0.15, 0.2) is 0 Å². The van der Waals surface area contributed by atoms with Gasteiger partial charge in [0.2, 0.25) is 0 Å². The number of nitrogens with two attached hydrogens (primary N) is 1. The van der Waals surface area contributed by atoms with Crippen LogP contribution in [0.25, 0.3) is 0 Å². The smallest absolute Gasteiger partial charge is 0.147 e. The zero-order valence-electron chi connectivity index (χ0n) is 10.6. The molecule has 0 unspecified atom stereocenters. The molecule has 0 saturated heterocycles. The number of pyridine rings is 1. The summed E-state index contributed by atoms with van der Waals surface area (Å²) in [6.45, 7) is 1.31. The molecule has 2 rings (SSSR count). The average Bonchev–Trinajstić information content (AvgIpc) is 2.39. The fourth-order valence-corrected chi connectivity index (χ4v) is 2.59. The van der Waals surface area contributed by atoms with Crippen molar-refractivity contribution in [1.29, 1.82) is 0 Å². The minimum absolute atomic E-state index is 0.566. The van der Waals surface area contributed by atoms with Crippen molar-refractivity contribution in [1.82, 2.24) is 4.98 Å². The first kappa shape index (κ1) is 14.3. The van der Waals surface area contributed by atoms with E-state index < -0.39 is 0 Å². The van der Waals surface area contributed by atoms with Crippen molar-refractivity contribution in [2.75, 3.05) is 11.9 Å². The van der Waals surface area contributed by atoms with Crippen molar-refractivity contribution < 1.29 is 0 Å². The highest BCUT2D eigenvalue weighted by atomic mass is 79.9. The predicted molar refractivity (Wildman–Crippen MR) is 83.4 cm³/mol. The summed E-state index contributed by atoms with van der Waals surface area (Å²) in [4.78, 5) is 6.35. The minimum Gasteiger partial charge on any atom is -0.354 e. The van der Waals surface area contributed by atoms with Gasteiger partial charge >= 0.3 is 0 Å². The van der Waals surface area contributed by atoms with E-state index >= 15 is 0 Å². The molecule has 0 aliphatic rings. The van der Waals surface area contributed by atoms with Gasteiger partial charge in [-0.1, -0.05) is 35.9 Å². The second-order valence-corrected chi connectivity index (χ2v) is 5.66. The SMILES string of the molecule is CN(Cc1ccc(CN)cc1)c1ncc(Br)cc1Cl. The zero-order chi connectivity index (χ0) is 13.8. The van der Waals surface area contributed by atoms with Gasteiger partial charge in [-0.15, -0.1) is 0 Å². The van der Waals surface area contributed by atoms with Gasteiger partial charge in [0, 0.05) is 30.8 Å². The van der Waals surface area contributed by atoms with Gasteiger partial charge in [0.1, 0.15) is 5.82 Å². The van der Waals surface area contributed by atoms with E-state index in [0.717, 1.165) is 22.4 Å². The van der Waals surface area contributed by atoms with Crippen molar-refractivity contribution in [3.05, 3.63) is 57.2 Å². The molecule has 0 amide bonds. The zero-order valence-corrected chi connectivity index (χ0v) is 12.9. The molecule has 2 N–H and O–H groups in total. The fraction of sp³-hybridized carbons (Fsp3) is 0.214. The Labute approximate surface area is 126 Å². The molecule has 19 heavy (non-hydrogen) atoms. The van der Waals surface area contributed by atoms with Crippen LogP contribution >= 0.6 is 27.5 Å². The van der Waals surface area contributed by atoms with Gasteiger partial charge in [-0.2, -0.15) is 0 Å². The normalized spacial score (nSPS) is 10.5. The number of benzene rings is 1. The first-order valence-corrected chi connectivity index (χ1v) is 7.07.